The highest BCUT2D eigenvalue weighted by molar-refractivity contribution is 5.88. The van der Waals surface area contributed by atoms with Gasteiger partial charge in [0, 0.05) is 26.2 Å². The Morgan fingerprint density at radius 3 is 2.26 bits per heavy atom. The lowest BCUT2D eigenvalue weighted by atomic mass is 9.79. The summed E-state index contributed by atoms with van der Waals surface area (Å²) in [5.74, 6) is -0.945. The molecule has 0 aromatic rings. The van der Waals surface area contributed by atoms with Crippen molar-refractivity contribution >= 4 is 11.9 Å². The van der Waals surface area contributed by atoms with Crippen molar-refractivity contribution in [3.8, 4) is 0 Å². The van der Waals surface area contributed by atoms with Gasteiger partial charge < -0.3 is 14.7 Å². The molecule has 0 spiro atoms. The van der Waals surface area contributed by atoms with Crippen LogP contribution in [-0.4, -0.2) is 47.7 Å². The molecule has 0 radical (unpaired) electrons. The lowest BCUT2D eigenvalue weighted by Gasteiger charge is -2.42. The van der Waals surface area contributed by atoms with Crippen molar-refractivity contribution in [1.82, 2.24) is 4.90 Å². The van der Waals surface area contributed by atoms with Crippen molar-refractivity contribution in [2.45, 2.75) is 50.5 Å². The molecule has 1 heterocycles. The van der Waals surface area contributed by atoms with Gasteiger partial charge in [-0.3, -0.25) is 4.79 Å². The average molecular weight is 269 g/mol. The van der Waals surface area contributed by atoms with E-state index < -0.39 is 11.5 Å². The van der Waals surface area contributed by atoms with Crippen molar-refractivity contribution < 1.29 is 19.4 Å². The number of carboxylic acid groups (broad SMARTS) is 1. The van der Waals surface area contributed by atoms with Gasteiger partial charge in [0.05, 0.1) is 0 Å². The van der Waals surface area contributed by atoms with Crippen LogP contribution >= 0.6 is 0 Å². The zero-order chi connectivity index (χ0) is 13.9. The van der Waals surface area contributed by atoms with Gasteiger partial charge in [0.15, 0.2) is 0 Å². The molecule has 5 nitrogen and oxygen atoms in total. The highest BCUT2D eigenvalue weighted by Gasteiger charge is 2.46. The molecule has 1 aliphatic heterocycles. The number of ether oxygens (including phenoxy) is 1. The monoisotopic (exact) mass is 269 g/mol. The van der Waals surface area contributed by atoms with Crippen molar-refractivity contribution in [3.05, 3.63) is 0 Å². The Balaban J connectivity index is 2.12. The van der Waals surface area contributed by atoms with E-state index in [1.807, 2.05) is 0 Å². The van der Waals surface area contributed by atoms with Gasteiger partial charge in [-0.15, -0.1) is 0 Å². The zero-order valence-electron chi connectivity index (χ0n) is 11.6. The van der Waals surface area contributed by atoms with Crippen LogP contribution in [0.15, 0.2) is 0 Å². The van der Waals surface area contributed by atoms with Crippen LogP contribution in [0.3, 0.4) is 0 Å². The predicted molar refractivity (Wildman–Crippen MR) is 69.8 cm³/mol. The topological polar surface area (TPSA) is 66.8 Å². The van der Waals surface area contributed by atoms with Gasteiger partial charge in [-0.1, -0.05) is 19.3 Å². The first-order chi connectivity index (χ1) is 9.08. The van der Waals surface area contributed by atoms with Crippen molar-refractivity contribution in [1.29, 1.82) is 0 Å². The van der Waals surface area contributed by atoms with Gasteiger partial charge in [-0.2, -0.15) is 0 Å². The van der Waals surface area contributed by atoms with Gasteiger partial charge in [0.2, 0.25) is 5.91 Å². The molecule has 1 aliphatic carbocycles. The van der Waals surface area contributed by atoms with Crippen LogP contribution < -0.4 is 0 Å². The molecular weight excluding hydrogens is 246 g/mol. The summed E-state index contributed by atoms with van der Waals surface area (Å²) in [5.41, 5.74) is -0.979. The van der Waals surface area contributed by atoms with Gasteiger partial charge in [0.25, 0.3) is 0 Å². The summed E-state index contributed by atoms with van der Waals surface area (Å²) in [5, 5.41) is 9.59. The number of carbonyl (C=O) groups excluding carboxylic acids is 1. The van der Waals surface area contributed by atoms with Crippen molar-refractivity contribution in [3.63, 3.8) is 0 Å². The second-order valence-corrected chi connectivity index (χ2v) is 5.68. The lowest BCUT2D eigenvalue weighted by Crippen LogP contribution is -2.57. The van der Waals surface area contributed by atoms with Gasteiger partial charge in [-0.05, 0) is 25.7 Å². The molecule has 0 aromatic heterocycles. The maximum atomic E-state index is 12.5. The molecule has 5 heteroatoms. The fraction of sp³-hybridized carbons (Fsp3) is 0.857. The summed E-state index contributed by atoms with van der Waals surface area (Å²) < 4.78 is 5.26. The van der Waals surface area contributed by atoms with E-state index in [4.69, 9.17) is 4.74 Å². The molecule has 0 aromatic carbocycles. The molecule has 108 valence electrons. The highest BCUT2D eigenvalue weighted by atomic mass is 16.5. The Bertz CT molecular complexity index is 343. The summed E-state index contributed by atoms with van der Waals surface area (Å²) in [4.78, 5) is 25.7. The maximum Gasteiger partial charge on any atom is 0.329 e. The summed E-state index contributed by atoms with van der Waals surface area (Å²) in [7, 11) is 1.66. The smallest absolute Gasteiger partial charge is 0.329 e. The van der Waals surface area contributed by atoms with E-state index in [1.54, 1.807) is 7.05 Å². The van der Waals surface area contributed by atoms with Crippen molar-refractivity contribution in [2.75, 3.05) is 20.3 Å². The molecule has 2 fully saturated rings. The fourth-order valence-corrected chi connectivity index (χ4v) is 3.26. The average Bonchev–Trinajstić information content (AvgIpc) is 2.47. The molecule has 2 rings (SSSR count). The van der Waals surface area contributed by atoms with Crippen LogP contribution in [0.2, 0.25) is 0 Å². The van der Waals surface area contributed by atoms with Crippen LogP contribution in [0.25, 0.3) is 0 Å². The van der Waals surface area contributed by atoms with E-state index in [2.05, 4.69) is 0 Å². The van der Waals surface area contributed by atoms with E-state index in [9.17, 15) is 14.7 Å². The van der Waals surface area contributed by atoms with E-state index in [0.29, 0.717) is 38.9 Å². The number of carboxylic acids is 1. The second kappa shape index (κ2) is 5.90. The Labute approximate surface area is 113 Å². The molecule has 1 N–H and O–H groups in total. The maximum absolute atomic E-state index is 12.5. The first-order valence-corrected chi connectivity index (χ1v) is 7.17. The lowest BCUT2D eigenvalue weighted by molar-refractivity contribution is -0.163. The molecule has 19 heavy (non-hydrogen) atoms. The van der Waals surface area contributed by atoms with Gasteiger partial charge in [-0.25, -0.2) is 4.79 Å². The largest absolute Gasteiger partial charge is 0.479 e. The summed E-state index contributed by atoms with van der Waals surface area (Å²) in [6.45, 7) is 1.20. The number of nitrogens with zero attached hydrogens (tertiary/aromatic N) is 1. The number of hydrogen-bond acceptors (Lipinski definition) is 3. The summed E-state index contributed by atoms with van der Waals surface area (Å²) >= 11 is 0. The number of rotatable bonds is 3. The molecular formula is C14H23NO4. The molecule has 2 aliphatic rings. The third-order valence-electron chi connectivity index (χ3n) is 4.62. The Kier molecular flexibility index (Phi) is 4.45. The van der Waals surface area contributed by atoms with Gasteiger partial charge >= 0.3 is 5.97 Å². The van der Waals surface area contributed by atoms with Crippen LogP contribution in [0.1, 0.15) is 44.9 Å². The van der Waals surface area contributed by atoms with Crippen LogP contribution in [0.4, 0.5) is 0 Å². The third-order valence-corrected chi connectivity index (χ3v) is 4.62. The number of amides is 1. The third kappa shape index (κ3) is 2.76. The highest BCUT2D eigenvalue weighted by Crippen LogP contribution is 2.35. The number of likely N-dealkylation sites (N-methyl/N-ethyl adjacent to an activating group) is 1. The van der Waals surface area contributed by atoms with E-state index in [1.165, 1.54) is 4.90 Å². The minimum Gasteiger partial charge on any atom is -0.479 e. The van der Waals surface area contributed by atoms with Crippen LogP contribution in [-0.2, 0) is 14.3 Å². The van der Waals surface area contributed by atoms with E-state index in [-0.39, 0.29) is 11.8 Å². The molecule has 1 amide bonds. The van der Waals surface area contributed by atoms with Crippen LogP contribution in [0.5, 0.6) is 0 Å². The van der Waals surface area contributed by atoms with E-state index in [0.717, 1.165) is 19.3 Å². The number of aliphatic carboxylic acids is 1. The molecule has 0 bridgehead atoms. The van der Waals surface area contributed by atoms with E-state index >= 15 is 0 Å². The SMILES string of the molecule is CN(C(=O)C1CCOCC1)C1(C(=O)O)CCCCC1. The molecule has 1 saturated carbocycles. The Morgan fingerprint density at radius 2 is 1.74 bits per heavy atom. The summed E-state index contributed by atoms with van der Waals surface area (Å²) in [6, 6.07) is 0. The molecule has 0 unspecified atom stereocenters. The molecule has 0 atom stereocenters. The zero-order valence-corrected chi connectivity index (χ0v) is 11.6. The number of carbonyl (C=O) groups is 2. The van der Waals surface area contributed by atoms with Crippen LogP contribution in [0, 0.1) is 5.92 Å². The second-order valence-electron chi connectivity index (χ2n) is 5.68. The quantitative estimate of drug-likeness (QED) is 0.846. The minimum atomic E-state index is -0.979. The molecule has 1 saturated heterocycles. The van der Waals surface area contributed by atoms with Crippen molar-refractivity contribution in [2.24, 2.45) is 5.92 Å². The Hall–Kier alpha value is -1.10. The predicted octanol–water partition coefficient (Wildman–Crippen LogP) is 1.66. The fourth-order valence-electron chi connectivity index (χ4n) is 3.26. The Morgan fingerprint density at radius 1 is 1.16 bits per heavy atom. The first kappa shape index (κ1) is 14.3. The number of hydrogen-bond donors (Lipinski definition) is 1. The normalized spacial score (nSPS) is 23.8. The summed E-state index contributed by atoms with van der Waals surface area (Å²) in [6.07, 6.45) is 5.41. The first-order valence-electron chi connectivity index (χ1n) is 7.17. The standard InChI is InChI=1S/C14H23NO4/c1-15(12(16)11-5-9-19-10-6-11)14(13(17)18)7-3-2-4-8-14/h11H,2-10H2,1H3,(H,17,18). The van der Waals surface area contributed by atoms with Gasteiger partial charge in [0.1, 0.15) is 5.54 Å². The minimum absolute atomic E-state index is 0.0207.